The van der Waals surface area contributed by atoms with Gasteiger partial charge < -0.3 is 15.2 Å². The van der Waals surface area contributed by atoms with Crippen LogP contribution in [0.2, 0.25) is 0 Å². The van der Waals surface area contributed by atoms with Gasteiger partial charge in [0.05, 0.1) is 16.7 Å². The van der Waals surface area contributed by atoms with Gasteiger partial charge in [-0.1, -0.05) is 36.0 Å². The van der Waals surface area contributed by atoms with Crippen molar-refractivity contribution in [1.82, 2.24) is 14.9 Å². The van der Waals surface area contributed by atoms with Crippen LogP contribution in [0.1, 0.15) is 12.0 Å². The number of aliphatic hydroxyl groups excluding tert-OH is 1. The van der Waals surface area contributed by atoms with E-state index in [2.05, 4.69) is 15.0 Å². The van der Waals surface area contributed by atoms with Crippen LogP contribution in [0.4, 0.5) is 8.78 Å². The average Bonchev–Trinajstić information content (AvgIpc) is 2.76. The largest absolute Gasteiger partial charge is 0.435 e. The van der Waals surface area contributed by atoms with Crippen LogP contribution >= 0.6 is 11.8 Å². The van der Waals surface area contributed by atoms with E-state index in [0.717, 1.165) is 17.3 Å². The van der Waals surface area contributed by atoms with Gasteiger partial charge in [0.15, 0.2) is 5.16 Å². The van der Waals surface area contributed by atoms with E-state index in [1.165, 1.54) is 16.7 Å². The van der Waals surface area contributed by atoms with E-state index in [0.29, 0.717) is 29.0 Å². The van der Waals surface area contributed by atoms with E-state index >= 15 is 0 Å². The molecule has 0 saturated heterocycles. The van der Waals surface area contributed by atoms with Gasteiger partial charge in [-0.2, -0.15) is 8.78 Å². The number of fused-ring (bicyclic) bond motifs is 1. The van der Waals surface area contributed by atoms with Crippen molar-refractivity contribution in [1.29, 1.82) is 0 Å². The third kappa shape index (κ3) is 6.25. The summed E-state index contributed by atoms with van der Waals surface area (Å²) in [4.78, 5) is 29.5. The molecule has 0 aliphatic rings. The molecule has 0 spiro atoms. The number of amides is 1. The molecule has 164 valence electrons. The molecule has 3 rings (SSSR count). The van der Waals surface area contributed by atoms with E-state index in [1.807, 2.05) is 0 Å². The van der Waals surface area contributed by atoms with Gasteiger partial charge in [0.25, 0.3) is 5.56 Å². The van der Waals surface area contributed by atoms with E-state index in [9.17, 15) is 18.4 Å². The molecule has 0 atom stereocenters. The lowest BCUT2D eigenvalue weighted by molar-refractivity contribution is -0.118. The SMILES string of the molecule is O=C(CSc1nc2ccccc2c(=O)n1CCCO)NCc1ccc(OC(F)F)cc1. The van der Waals surface area contributed by atoms with E-state index in [4.69, 9.17) is 5.11 Å². The summed E-state index contributed by atoms with van der Waals surface area (Å²) in [5.74, 6) is -0.186. The van der Waals surface area contributed by atoms with Gasteiger partial charge in [0, 0.05) is 19.7 Å². The van der Waals surface area contributed by atoms with Crippen LogP contribution < -0.4 is 15.6 Å². The number of hydrogen-bond acceptors (Lipinski definition) is 6. The number of aliphatic hydroxyl groups is 1. The molecule has 1 amide bonds. The molecular weight excluding hydrogens is 428 g/mol. The second-order valence-electron chi connectivity index (χ2n) is 6.53. The molecule has 0 aliphatic heterocycles. The third-order valence-corrected chi connectivity index (χ3v) is 5.31. The smallest absolute Gasteiger partial charge is 0.387 e. The molecule has 10 heteroatoms. The van der Waals surface area contributed by atoms with Crippen LogP contribution in [-0.4, -0.2) is 39.5 Å². The fourth-order valence-corrected chi connectivity index (χ4v) is 3.71. The fourth-order valence-electron chi connectivity index (χ4n) is 2.85. The van der Waals surface area contributed by atoms with Crippen LogP contribution in [-0.2, 0) is 17.9 Å². The predicted octanol–water partition coefficient (Wildman–Crippen LogP) is 2.79. The summed E-state index contributed by atoms with van der Waals surface area (Å²) in [6.07, 6.45) is 0.394. The van der Waals surface area contributed by atoms with Crippen LogP contribution in [0.3, 0.4) is 0 Å². The molecule has 1 aromatic heterocycles. The topological polar surface area (TPSA) is 93.5 Å². The first-order chi connectivity index (χ1) is 15.0. The lowest BCUT2D eigenvalue weighted by Crippen LogP contribution is -2.27. The lowest BCUT2D eigenvalue weighted by Gasteiger charge is -2.12. The van der Waals surface area contributed by atoms with Crippen molar-refractivity contribution in [2.24, 2.45) is 0 Å². The fraction of sp³-hybridized carbons (Fsp3) is 0.286. The molecule has 0 bridgehead atoms. The molecule has 0 saturated carbocycles. The lowest BCUT2D eigenvalue weighted by atomic mass is 10.2. The summed E-state index contributed by atoms with van der Waals surface area (Å²) in [7, 11) is 0. The second kappa shape index (κ2) is 10.9. The first-order valence-corrected chi connectivity index (χ1v) is 10.5. The zero-order chi connectivity index (χ0) is 22.2. The number of halogens is 2. The van der Waals surface area contributed by atoms with Gasteiger partial charge in [-0.05, 0) is 36.2 Å². The number of nitrogens with zero attached hydrogens (tertiary/aromatic N) is 2. The summed E-state index contributed by atoms with van der Waals surface area (Å²) in [5, 5.41) is 12.8. The van der Waals surface area contributed by atoms with E-state index in [-0.39, 0.29) is 36.1 Å². The summed E-state index contributed by atoms with van der Waals surface area (Å²) < 4.78 is 30.1. The van der Waals surface area contributed by atoms with Crippen LogP contribution in [0.5, 0.6) is 5.75 Å². The standard InChI is InChI=1S/C21H21F2N3O4S/c22-20(23)30-15-8-6-14(7-9-15)12-24-18(28)13-31-21-25-17-5-2-1-4-16(17)19(29)26(21)10-3-11-27/h1-2,4-9,20,27H,3,10-13H2,(H,24,28). The summed E-state index contributed by atoms with van der Waals surface area (Å²) >= 11 is 1.13. The molecule has 0 fully saturated rings. The quantitative estimate of drug-likeness (QED) is 0.365. The van der Waals surface area contributed by atoms with Crippen molar-refractivity contribution in [3.05, 3.63) is 64.4 Å². The summed E-state index contributed by atoms with van der Waals surface area (Å²) in [6.45, 7) is -2.44. The van der Waals surface area contributed by atoms with Gasteiger partial charge >= 0.3 is 6.61 Å². The van der Waals surface area contributed by atoms with Gasteiger partial charge in [-0.3, -0.25) is 14.2 Å². The molecule has 2 aromatic carbocycles. The number of alkyl halides is 2. The highest BCUT2D eigenvalue weighted by atomic mass is 32.2. The number of hydrogen-bond donors (Lipinski definition) is 2. The summed E-state index contributed by atoms with van der Waals surface area (Å²) in [6, 6.07) is 12.9. The maximum Gasteiger partial charge on any atom is 0.387 e. The number of carbonyl (C=O) groups excluding carboxylic acids is 1. The van der Waals surface area contributed by atoms with E-state index in [1.54, 1.807) is 36.4 Å². The molecule has 0 aliphatic carbocycles. The minimum absolute atomic E-state index is 0.0382. The first kappa shape index (κ1) is 22.7. The third-order valence-electron chi connectivity index (χ3n) is 4.34. The molecule has 31 heavy (non-hydrogen) atoms. The Kier molecular flexibility index (Phi) is 7.96. The number of thioether (sulfide) groups is 1. The Morgan fingerprint density at radius 2 is 1.94 bits per heavy atom. The molecule has 0 radical (unpaired) electrons. The monoisotopic (exact) mass is 449 g/mol. The predicted molar refractivity (Wildman–Crippen MR) is 113 cm³/mol. The normalized spacial score (nSPS) is 11.1. The van der Waals surface area contributed by atoms with Crippen molar-refractivity contribution in [3.63, 3.8) is 0 Å². The van der Waals surface area contributed by atoms with Crippen molar-refractivity contribution in [2.75, 3.05) is 12.4 Å². The maximum absolute atomic E-state index is 12.8. The Labute approximate surface area is 181 Å². The zero-order valence-electron chi connectivity index (χ0n) is 16.5. The Bertz CT molecular complexity index is 1090. The number of aromatic nitrogens is 2. The Balaban J connectivity index is 1.63. The maximum atomic E-state index is 12.8. The highest BCUT2D eigenvalue weighted by Crippen LogP contribution is 2.18. The van der Waals surface area contributed by atoms with Crippen molar-refractivity contribution < 1.29 is 23.4 Å². The van der Waals surface area contributed by atoms with Crippen LogP contribution in [0.15, 0.2) is 58.5 Å². The van der Waals surface area contributed by atoms with Crippen molar-refractivity contribution in [3.8, 4) is 5.75 Å². The number of ether oxygens (including phenoxy) is 1. The number of carbonyl (C=O) groups is 1. The van der Waals surface area contributed by atoms with Crippen LogP contribution in [0.25, 0.3) is 10.9 Å². The Morgan fingerprint density at radius 3 is 2.65 bits per heavy atom. The zero-order valence-corrected chi connectivity index (χ0v) is 17.3. The van der Waals surface area contributed by atoms with Crippen molar-refractivity contribution >= 4 is 28.6 Å². The number of rotatable bonds is 10. The minimum atomic E-state index is -2.89. The highest BCUT2D eigenvalue weighted by molar-refractivity contribution is 7.99. The average molecular weight is 449 g/mol. The molecule has 1 heterocycles. The molecular formula is C21H21F2N3O4S. The minimum Gasteiger partial charge on any atom is -0.435 e. The van der Waals surface area contributed by atoms with Gasteiger partial charge in [0.2, 0.25) is 5.91 Å². The van der Waals surface area contributed by atoms with Crippen LogP contribution in [0, 0.1) is 0 Å². The van der Waals surface area contributed by atoms with Gasteiger partial charge in [-0.25, -0.2) is 4.98 Å². The first-order valence-electron chi connectivity index (χ1n) is 9.51. The van der Waals surface area contributed by atoms with E-state index < -0.39 is 6.61 Å². The Morgan fingerprint density at radius 1 is 1.19 bits per heavy atom. The molecule has 3 aromatic rings. The highest BCUT2D eigenvalue weighted by Gasteiger charge is 2.13. The number of benzene rings is 2. The second-order valence-corrected chi connectivity index (χ2v) is 7.48. The summed E-state index contributed by atoms with van der Waals surface area (Å²) in [5.41, 5.74) is 1.05. The van der Waals surface area contributed by atoms with Crippen molar-refractivity contribution in [2.45, 2.75) is 31.3 Å². The number of nitrogens with one attached hydrogen (secondary N) is 1. The molecule has 0 unspecified atom stereocenters. The Hall–Kier alpha value is -2.98. The van der Waals surface area contributed by atoms with Gasteiger partial charge in [-0.15, -0.1) is 0 Å². The number of para-hydroxylation sites is 1. The van der Waals surface area contributed by atoms with Gasteiger partial charge in [0.1, 0.15) is 5.75 Å². The molecule has 2 N–H and O–H groups in total. The molecule has 7 nitrogen and oxygen atoms in total.